The molecule has 0 unspecified atom stereocenters. The van der Waals surface area contributed by atoms with Crippen molar-refractivity contribution in [1.29, 1.82) is 0 Å². The summed E-state index contributed by atoms with van der Waals surface area (Å²) in [5.74, 6) is 0.494. The average molecular weight is 302 g/mol. The Hall–Kier alpha value is -0.210. The summed E-state index contributed by atoms with van der Waals surface area (Å²) in [7, 11) is -3.25. The van der Waals surface area contributed by atoms with Crippen LogP contribution in [-0.4, -0.2) is 73.8 Å². The summed E-state index contributed by atoms with van der Waals surface area (Å²) in [5, 5.41) is 0. The summed E-state index contributed by atoms with van der Waals surface area (Å²) in [6.45, 7) is 5.02. The third-order valence-electron chi connectivity index (χ3n) is 4.90. The molecule has 0 spiro atoms. The van der Waals surface area contributed by atoms with Gasteiger partial charge in [0.25, 0.3) is 10.2 Å². The van der Waals surface area contributed by atoms with Crippen LogP contribution in [0.15, 0.2) is 0 Å². The van der Waals surface area contributed by atoms with Gasteiger partial charge in [0, 0.05) is 45.3 Å². The van der Waals surface area contributed by atoms with Gasteiger partial charge in [0.2, 0.25) is 0 Å². The molecule has 0 bridgehead atoms. The summed E-state index contributed by atoms with van der Waals surface area (Å²) in [6.07, 6.45) is 4.38. The lowest BCUT2D eigenvalue weighted by Crippen LogP contribution is -2.54. The number of piperidine rings is 1. The van der Waals surface area contributed by atoms with Gasteiger partial charge in [0.05, 0.1) is 0 Å². The highest BCUT2D eigenvalue weighted by atomic mass is 32.2. The zero-order chi connectivity index (χ0) is 14.2. The molecule has 3 fully saturated rings. The van der Waals surface area contributed by atoms with Gasteiger partial charge in [-0.3, -0.25) is 4.90 Å². The molecule has 2 saturated heterocycles. The van der Waals surface area contributed by atoms with Crippen molar-refractivity contribution in [3.8, 4) is 0 Å². The van der Waals surface area contributed by atoms with Gasteiger partial charge in [-0.05, 0) is 38.1 Å². The second-order valence-corrected chi connectivity index (χ2v) is 8.18. The van der Waals surface area contributed by atoms with E-state index in [0.717, 1.165) is 32.0 Å². The normalized spacial score (nSPS) is 28.9. The summed E-state index contributed by atoms with van der Waals surface area (Å²) in [6, 6.07) is 0.736. The molecule has 3 rings (SSSR count). The van der Waals surface area contributed by atoms with Crippen molar-refractivity contribution in [3.63, 3.8) is 0 Å². The molecular weight excluding hydrogens is 276 g/mol. The highest BCUT2D eigenvalue weighted by molar-refractivity contribution is 7.86. The van der Waals surface area contributed by atoms with Crippen LogP contribution in [0, 0.1) is 5.92 Å². The Labute approximate surface area is 122 Å². The van der Waals surface area contributed by atoms with Crippen LogP contribution < -0.4 is 5.73 Å². The van der Waals surface area contributed by atoms with Crippen LogP contribution in [0.5, 0.6) is 0 Å². The second-order valence-electron chi connectivity index (χ2n) is 6.25. The lowest BCUT2D eigenvalue weighted by Gasteiger charge is -2.38. The molecule has 7 heteroatoms. The van der Waals surface area contributed by atoms with E-state index in [-0.39, 0.29) is 0 Å². The molecule has 0 atom stereocenters. The smallest absolute Gasteiger partial charge is 0.282 e. The topological polar surface area (TPSA) is 69.9 Å². The number of nitrogens with two attached hydrogens (primary N) is 1. The van der Waals surface area contributed by atoms with Gasteiger partial charge in [0.1, 0.15) is 0 Å². The minimum absolute atomic E-state index is 0.494. The minimum Gasteiger partial charge on any atom is -0.330 e. The predicted octanol–water partition coefficient (Wildman–Crippen LogP) is -0.318. The molecule has 0 radical (unpaired) electrons. The number of hydrogen-bond acceptors (Lipinski definition) is 4. The van der Waals surface area contributed by atoms with Crippen LogP contribution in [0.3, 0.4) is 0 Å². The molecule has 2 N–H and O–H groups in total. The van der Waals surface area contributed by atoms with E-state index < -0.39 is 10.2 Å². The number of piperazine rings is 1. The predicted molar refractivity (Wildman–Crippen MR) is 78.4 cm³/mol. The Balaban J connectivity index is 1.55. The molecule has 0 aromatic rings. The maximum Gasteiger partial charge on any atom is 0.282 e. The molecule has 0 aromatic carbocycles. The van der Waals surface area contributed by atoms with Gasteiger partial charge in [-0.25, -0.2) is 0 Å². The Morgan fingerprint density at radius 1 is 0.850 bits per heavy atom. The number of rotatable bonds is 4. The zero-order valence-electron chi connectivity index (χ0n) is 12.1. The molecule has 20 heavy (non-hydrogen) atoms. The van der Waals surface area contributed by atoms with Crippen molar-refractivity contribution in [3.05, 3.63) is 0 Å². The fourth-order valence-corrected chi connectivity index (χ4v) is 4.90. The van der Waals surface area contributed by atoms with Gasteiger partial charge in [-0.2, -0.15) is 17.0 Å². The lowest BCUT2D eigenvalue weighted by atomic mass is 9.99. The van der Waals surface area contributed by atoms with E-state index in [0.29, 0.717) is 38.6 Å². The molecule has 3 aliphatic rings. The van der Waals surface area contributed by atoms with E-state index in [4.69, 9.17) is 5.73 Å². The Kier molecular flexibility index (Phi) is 4.33. The Morgan fingerprint density at radius 3 is 1.90 bits per heavy atom. The quantitative estimate of drug-likeness (QED) is 0.773. The molecule has 2 aliphatic heterocycles. The fourth-order valence-electron chi connectivity index (χ4n) is 3.28. The molecule has 1 aliphatic carbocycles. The summed E-state index contributed by atoms with van der Waals surface area (Å²) >= 11 is 0. The third-order valence-corrected chi connectivity index (χ3v) is 6.93. The van der Waals surface area contributed by atoms with Crippen molar-refractivity contribution < 1.29 is 8.42 Å². The molecule has 116 valence electrons. The first-order valence-electron chi connectivity index (χ1n) is 7.80. The van der Waals surface area contributed by atoms with Crippen molar-refractivity contribution in [1.82, 2.24) is 13.5 Å². The molecular formula is C13H26N4O2S. The molecule has 2 heterocycles. The molecule has 0 aromatic heterocycles. The van der Waals surface area contributed by atoms with E-state index in [9.17, 15) is 8.42 Å². The Bertz CT molecular complexity index is 422. The first-order chi connectivity index (χ1) is 9.61. The number of hydrogen-bond donors (Lipinski definition) is 1. The van der Waals surface area contributed by atoms with Crippen LogP contribution in [0.4, 0.5) is 0 Å². The highest BCUT2D eigenvalue weighted by Crippen LogP contribution is 2.28. The van der Waals surface area contributed by atoms with Crippen LogP contribution in [-0.2, 0) is 10.2 Å². The monoisotopic (exact) mass is 302 g/mol. The highest BCUT2D eigenvalue weighted by Gasteiger charge is 2.37. The summed E-state index contributed by atoms with van der Waals surface area (Å²) in [5.41, 5.74) is 5.67. The van der Waals surface area contributed by atoms with Gasteiger partial charge in [-0.1, -0.05) is 0 Å². The SMILES string of the molecule is NCC1CCN(S(=O)(=O)N2CCN(C3CC3)CC2)CC1. The maximum absolute atomic E-state index is 12.6. The fraction of sp³-hybridized carbons (Fsp3) is 1.00. The summed E-state index contributed by atoms with van der Waals surface area (Å²) < 4.78 is 28.6. The van der Waals surface area contributed by atoms with Crippen LogP contribution in [0.2, 0.25) is 0 Å². The van der Waals surface area contributed by atoms with Crippen molar-refractivity contribution in [2.24, 2.45) is 11.7 Å². The first kappa shape index (κ1) is 14.7. The van der Waals surface area contributed by atoms with E-state index >= 15 is 0 Å². The van der Waals surface area contributed by atoms with E-state index in [1.165, 1.54) is 12.8 Å². The standard InChI is InChI=1S/C13H26N4O2S/c14-11-12-3-5-16(6-4-12)20(18,19)17-9-7-15(8-10-17)13-1-2-13/h12-13H,1-11,14H2. The number of nitrogens with zero attached hydrogens (tertiary/aromatic N) is 3. The molecule has 0 amide bonds. The van der Waals surface area contributed by atoms with Crippen LogP contribution >= 0.6 is 0 Å². The molecule has 6 nitrogen and oxygen atoms in total. The van der Waals surface area contributed by atoms with E-state index in [1.54, 1.807) is 8.61 Å². The maximum atomic E-state index is 12.6. The third kappa shape index (κ3) is 3.01. The summed E-state index contributed by atoms with van der Waals surface area (Å²) in [4.78, 5) is 2.44. The van der Waals surface area contributed by atoms with Crippen molar-refractivity contribution >= 4 is 10.2 Å². The van der Waals surface area contributed by atoms with Crippen molar-refractivity contribution in [2.45, 2.75) is 31.7 Å². The molecule has 1 saturated carbocycles. The van der Waals surface area contributed by atoms with Crippen molar-refractivity contribution in [2.75, 3.05) is 45.8 Å². The van der Waals surface area contributed by atoms with Gasteiger partial charge in [-0.15, -0.1) is 0 Å². The van der Waals surface area contributed by atoms with Crippen LogP contribution in [0.25, 0.3) is 0 Å². The zero-order valence-corrected chi connectivity index (χ0v) is 12.9. The largest absolute Gasteiger partial charge is 0.330 e. The average Bonchev–Trinajstić information content (AvgIpc) is 3.32. The van der Waals surface area contributed by atoms with Gasteiger partial charge in [0.15, 0.2) is 0 Å². The van der Waals surface area contributed by atoms with Gasteiger partial charge >= 0.3 is 0 Å². The van der Waals surface area contributed by atoms with E-state index in [1.807, 2.05) is 0 Å². The second kappa shape index (κ2) is 5.88. The first-order valence-corrected chi connectivity index (χ1v) is 9.20. The minimum atomic E-state index is -3.25. The Morgan fingerprint density at radius 2 is 1.40 bits per heavy atom. The lowest BCUT2D eigenvalue weighted by molar-refractivity contribution is 0.169. The van der Waals surface area contributed by atoms with Gasteiger partial charge < -0.3 is 5.73 Å². The van der Waals surface area contributed by atoms with E-state index in [2.05, 4.69) is 4.90 Å². The van der Waals surface area contributed by atoms with Crippen LogP contribution in [0.1, 0.15) is 25.7 Å².